The lowest BCUT2D eigenvalue weighted by molar-refractivity contribution is 0.0527. The normalized spacial score (nSPS) is 15.4. The molecule has 7 nitrogen and oxygen atoms in total. The molecular weight excluding hydrogens is 474 g/mol. The predicted octanol–water partition coefficient (Wildman–Crippen LogP) is 5.25. The molecule has 2 aromatic carbocycles. The third kappa shape index (κ3) is 5.24. The van der Waals surface area contributed by atoms with Crippen molar-refractivity contribution < 1.29 is 19.0 Å². The first-order valence-electron chi connectivity index (χ1n) is 12.2. The van der Waals surface area contributed by atoms with Crippen LogP contribution in [0.5, 0.6) is 11.5 Å². The number of nitrogens with zero attached hydrogens (tertiary/aromatic N) is 3. The minimum absolute atomic E-state index is 0.0554. The first-order chi connectivity index (χ1) is 17.5. The number of imidazole rings is 1. The summed E-state index contributed by atoms with van der Waals surface area (Å²) in [4.78, 5) is 21.3. The van der Waals surface area contributed by atoms with Gasteiger partial charge in [-0.3, -0.25) is 9.20 Å². The monoisotopic (exact) mass is 505 g/mol. The van der Waals surface area contributed by atoms with Crippen LogP contribution in [0.15, 0.2) is 54.0 Å². The second-order valence-corrected chi connectivity index (χ2v) is 9.95. The van der Waals surface area contributed by atoms with Gasteiger partial charge >= 0.3 is 0 Å². The van der Waals surface area contributed by atoms with Gasteiger partial charge in [-0.2, -0.15) is 0 Å². The first kappa shape index (κ1) is 24.3. The molecule has 1 unspecified atom stereocenters. The van der Waals surface area contributed by atoms with Gasteiger partial charge in [-0.15, -0.1) is 11.3 Å². The summed E-state index contributed by atoms with van der Waals surface area (Å²) < 4.78 is 18.8. The van der Waals surface area contributed by atoms with Gasteiger partial charge in [0.15, 0.2) is 4.96 Å². The van der Waals surface area contributed by atoms with Crippen molar-refractivity contribution in [2.24, 2.45) is 0 Å². The Morgan fingerprint density at radius 1 is 1.17 bits per heavy atom. The Morgan fingerprint density at radius 2 is 1.92 bits per heavy atom. The molecule has 0 saturated carbocycles. The largest absolute Gasteiger partial charge is 0.497 e. The van der Waals surface area contributed by atoms with Crippen LogP contribution in [0.4, 0.5) is 0 Å². The van der Waals surface area contributed by atoms with Crippen LogP contribution >= 0.6 is 11.3 Å². The second kappa shape index (κ2) is 10.7. The van der Waals surface area contributed by atoms with E-state index in [1.54, 1.807) is 43.8 Å². The number of benzene rings is 2. The Balaban J connectivity index is 1.37. The average molecular weight is 506 g/mol. The third-order valence-corrected chi connectivity index (χ3v) is 7.49. The molecular formula is C28H31N3O4S. The first-order valence-corrected chi connectivity index (χ1v) is 13.1. The van der Waals surface area contributed by atoms with E-state index in [4.69, 9.17) is 19.2 Å². The number of rotatable bonds is 9. The SMILES string of the molecule is COc1cc(OC)cc(C(=O)N(CCc2csc3nc(-c4ccc(C)cc4)cn23)CC2CCCO2)c1. The van der Waals surface area contributed by atoms with Gasteiger partial charge in [0.1, 0.15) is 11.5 Å². The second-order valence-electron chi connectivity index (χ2n) is 9.11. The lowest BCUT2D eigenvalue weighted by Gasteiger charge is -2.26. The maximum atomic E-state index is 13.7. The molecule has 188 valence electrons. The lowest BCUT2D eigenvalue weighted by Crippen LogP contribution is -2.39. The molecule has 4 aromatic rings. The summed E-state index contributed by atoms with van der Waals surface area (Å²) in [7, 11) is 3.18. The summed E-state index contributed by atoms with van der Waals surface area (Å²) >= 11 is 1.62. The molecule has 36 heavy (non-hydrogen) atoms. The number of ether oxygens (including phenoxy) is 3. The molecule has 3 heterocycles. The van der Waals surface area contributed by atoms with E-state index in [-0.39, 0.29) is 12.0 Å². The minimum atomic E-state index is -0.0554. The Hall–Kier alpha value is -3.36. The van der Waals surface area contributed by atoms with Crippen LogP contribution in [-0.2, 0) is 11.2 Å². The summed E-state index contributed by atoms with van der Waals surface area (Å²) in [5, 5.41) is 2.13. The molecule has 0 radical (unpaired) electrons. The standard InChI is InChI=1S/C28H31N3O4S/c1-19-6-8-20(9-7-19)26-17-31-22(18-36-28(31)29-26)10-11-30(16-23-5-4-12-35-23)27(32)21-13-24(33-2)15-25(14-21)34-3/h6-9,13-15,17-18,23H,4-5,10-12,16H2,1-3H3. The highest BCUT2D eigenvalue weighted by atomic mass is 32.1. The van der Waals surface area contributed by atoms with Crippen LogP contribution in [0.2, 0.25) is 0 Å². The van der Waals surface area contributed by atoms with Gasteiger partial charge < -0.3 is 19.1 Å². The molecule has 0 N–H and O–H groups in total. The average Bonchev–Trinajstić information content (AvgIpc) is 3.65. The summed E-state index contributed by atoms with van der Waals surface area (Å²) in [5.41, 5.74) is 4.96. The van der Waals surface area contributed by atoms with Crippen LogP contribution in [0, 0.1) is 6.92 Å². The molecule has 0 aliphatic carbocycles. The molecule has 1 amide bonds. The van der Waals surface area contributed by atoms with Crippen LogP contribution in [-0.4, -0.2) is 60.2 Å². The quantitative estimate of drug-likeness (QED) is 0.311. The van der Waals surface area contributed by atoms with E-state index in [2.05, 4.69) is 47.2 Å². The highest BCUT2D eigenvalue weighted by Gasteiger charge is 2.25. The molecule has 1 fully saturated rings. The molecule has 1 aliphatic rings. The molecule has 2 aromatic heterocycles. The fraction of sp³-hybridized carbons (Fsp3) is 0.357. The van der Waals surface area contributed by atoms with E-state index in [0.29, 0.717) is 36.6 Å². The molecule has 5 rings (SSSR count). The Bertz CT molecular complexity index is 1320. The van der Waals surface area contributed by atoms with Crippen molar-refractivity contribution in [1.29, 1.82) is 0 Å². The Kier molecular flexibility index (Phi) is 7.25. The van der Waals surface area contributed by atoms with Gasteiger partial charge in [0.2, 0.25) is 0 Å². The highest BCUT2D eigenvalue weighted by molar-refractivity contribution is 7.15. The zero-order valence-electron chi connectivity index (χ0n) is 20.9. The number of amides is 1. The van der Waals surface area contributed by atoms with Crippen molar-refractivity contribution in [3.8, 4) is 22.8 Å². The number of fused-ring (bicyclic) bond motifs is 1. The Labute approximate surface area is 215 Å². The number of hydrogen-bond donors (Lipinski definition) is 0. The van der Waals surface area contributed by atoms with Crippen molar-refractivity contribution in [3.63, 3.8) is 0 Å². The smallest absolute Gasteiger partial charge is 0.254 e. The summed E-state index contributed by atoms with van der Waals surface area (Å²) in [6.45, 7) is 3.97. The number of hydrogen-bond acceptors (Lipinski definition) is 6. The zero-order valence-corrected chi connectivity index (χ0v) is 21.7. The van der Waals surface area contributed by atoms with Gasteiger partial charge in [-0.05, 0) is 31.9 Å². The maximum absolute atomic E-state index is 13.7. The molecule has 1 aliphatic heterocycles. The van der Waals surface area contributed by atoms with Gasteiger partial charge in [-0.1, -0.05) is 29.8 Å². The summed E-state index contributed by atoms with van der Waals surface area (Å²) in [6.07, 6.45) is 4.86. The van der Waals surface area contributed by atoms with E-state index in [0.717, 1.165) is 41.4 Å². The lowest BCUT2D eigenvalue weighted by atomic mass is 10.1. The minimum Gasteiger partial charge on any atom is -0.497 e. The van der Waals surface area contributed by atoms with Crippen molar-refractivity contribution in [2.45, 2.75) is 32.3 Å². The van der Waals surface area contributed by atoms with Crippen LogP contribution < -0.4 is 9.47 Å². The zero-order chi connectivity index (χ0) is 25.1. The number of carbonyl (C=O) groups excluding carboxylic acids is 1. The van der Waals surface area contributed by atoms with Crippen molar-refractivity contribution in [3.05, 3.63) is 70.9 Å². The molecule has 0 bridgehead atoms. The summed E-state index contributed by atoms with van der Waals surface area (Å²) in [5.74, 6) is 1.13. The fourth-order valence-corrected chi connectivity index (χ4v) is 5.45. The van der Waals surface area contributed by atoms with E-state index >= 15 is 0 Å². The number of carbonyl (C=O) groups is 1. The highest BCUT2D eigenvalue weighted by Crippen LogP contribution is 2.26. The predicted molar refractivity (Wildman–Crippen MR) is 141 cm³/mol. The number of thiazole rings is 1. The van der Waals surface area contributed by atoms with Crippen LogP contribution in [0.1, 0.15) is 34.5 Å². The molecule has 8 heteroatoms. The molecule has 1 atom stereocenters. The molecule has 1 saturated heterocycles. The van der Waals surface area contributed by atoms with Gasteiger partial charge in [0.05, 0.1) is 26.0 Å². The fourth-order valence-electron chi connectivity index (χ4n) is 4.55. The van der Waals surface area contributed by atoms with E-state index in [1.807, 2.05) is 4.90 Å². The van der Waals surface area contributed by atoms with E-state index in [9.17, 15) is 4.79 Å². The number of aryl methyl sites for hydroxylation is 1. The van der Waals surface area contributed by atoms with Crippen molar-refractivity contribution in [1.82, 2.24) is 14.3 Å². The Morgan fingerprint density at radius 3 is 2.58 bits per heavy atom. The topological polar surface area (TPSA) is 65.3 Å². The number of methoxy groups -OCH3 is 2. The van der Waals surface area contributed by atoms with Gasteiger partial charge in [0, 0.05) is 60.6 Å². The van der Waals surface area contributed by atoms with Gasteiger partial charge in [0.25, 0.3) is 5.91 Å². The summed E-state index contributed by atoms with van der Waals surface area (Å²) in [6, 6.07) is 13.7. The van der Waals surface area contributed by atoms with E-state index in [1.165, 1.54) is 5.56 Å². The van der Waals surface area contributed by atoms with E-state index < -0.39 is 0 Å². The van der Waals surface area contributed by atoms with Crippen LogP contribution in [0.3, 0.4) is 0 Å². The molecule has 0 spiro atoms. The third-order valence-electron chi connectivity index (χ3n) is 6.60. The van der Waals surface area contributed by atoms with Crippen LogP contribution in [0.25, 0.3) is 16.2 Å². The van der Waals surface area contributed by atoms with Gasteiger partial charge in [-0.25, -0.2) is 4.98 Å². The maximum Gasteiger partial charge on any atom is 0.254 e. The number of aromatic nitrogens is 2. The van der Waals surface area contributed by atoms with Crippen molar-refractivity contribution >= 4 is 22.2 Å². The van der Waals surface area contributed by atoms with Crippen molar-refractivity contribution in [2.75, 3.05) is 33.9 Å².